The van der Waals surface area contributed by atoms with Gasteiger partial charge in [0.05, 0.1) is 18.1 Å². The van der Waals surface area contributed by atoms with Crippen molar-refractivity contribution in [3.63, 3.8) is 0 Å². The molecular weight excluding hydrogens is 270 g/mol. The third-order valence-electron chi connectivity index (χ3n) is 2.38. The highest BCUT2D eigenvalue weighted by atomic mass is 16.6. The summed E-state index contributed by atoms with van der Waals surface area (Å²) in [6.07, 6.45) is 0. The van der Waals surface area contributed by atoms with E-state index in [-0.39, 0.29) is 28.6 Å². The Bertz CT molecular complexity index is 668. The fourth-order valence-electron chi connectivity index (χ4n) is 1.43. The maximum Gasteiger partial charge on any atom is 0.296 e. The fraction of sp³-hybridized carbons (Fsp3) is 0.100. The van der Waals surface area contributed by atoms with Crippen LogP contribution in [-0.2, 0) is 0 Å². The van der Waals surface area contributed by atoms with E-state index in [2.05, 4.69) is 20.3 Å². The molecule has 0 atom stereocenters. The predicted octanol–water partition coefficient (Wildman–Crippen LogP) is 0.821. The standard InChI is InChI=1S/C10H9N5O5/c1-19-5-2-3-6(7(4-5)15(17)18)12-10(16)8-9(11)14-20-13-8/h2-4H,1H3,(H2,11,14)(H,12,16). The number of nitro groups is 1. The molecule has 0 fully saturated rings. The molecule has 104 valence electrons. The van der Waals surface area contributed by atoms with E-state index in [1.165, 1.54) is 25.3 Å². The van der Waals surface area contributed by atoms with Gasteiger partial charge in [-0.15, -0.1) is 0 Å². The lowest BCUT2D eigenvalue weighted by molar-refractivity contribution is -0.384. The number of hydrogen-bond donors (Lipinski definition) is 2. The highest BCUT2D eigenvalue weighted by Crippen LogP contribution is 2.29. The van der Waals surface area contributed by atoms with Crippen LogP contribution in [0.2, 0.25) is 0 Å². The van der Waals surface area contributed by atoms with Gasteiger partial charge in [-0.25, -0.2) is 4.63 Å². The maximum atomic E-state index is 11.8. The van der Waals surface area contributed by atoms with E-state index in [9.17, 15) is 14.9 Å². The summed E-state index contributed by atoms with van der Waals surface area (Å²) in [5.41, 5.74) is 4.75. The molecule has 0 spiro atoms. The number of benzene rings is 1. The number of anilines is 2. The van der Waals surface area contributed by atoms with E-state index in [4.69, 9.17) is 10.5 Å². The number of aromatic nitrogens is 2. The van der Waals surface area contributed by atoms with Crippen LogP contribution in [-0.4, -0.2) is 28.3 Å². The van der Waals surface area contributed by atoms with E-state index < -0.39 is 10.8 Å². The maximum absolute atomic E-state index is 11.8. The third kappa shape index (κ3) is 2.48. The number of ether oxygens (including phenoxy) is 1. The molecule has 0 saturated heterocycles. The topological polar surface area (TPSA) is 146 Å². The molecular formula is C10H9N5O5. The summed E-state index contributed by atoms with van der Waals surface area (Å²) < 4.78 is 9.16. The van der Waals surface area contributed by atoms with Crippen LogP contribution in [0.25, 0.3) is 0 Å². The number of nitrogens with zero attached hydrogens (tertiary/aromatic N) is 3. The van der Waals surface area contributed by atoms with Crippen molar-refractivity contribution in [2.45, 2.75) is 0 Å². The predicted molar refractivity (Wildman–Crippen MR) is 66.3 cm³/mol. The summed E-state index contributed by atoms with van der Waals surface area (Å²) in [7, 11) is 1.37. The van der Waals surface area contributed by atoms with Crippen molar-refractivity contribution in [3.8, 4) is 5.75 Å². The Kier molecular flexibility index (Phi) is 3.46. The summed E-state index contributed by atoms with van der Waals surface area (Å²) in [6.45, 7) is 0. The first kappa shape index (κ1) is 13.3. The molecule has 10 nitrogen and oxygen atoms in total. The van der Waals surface area contributed by atoms with Crippen LogP contribution < -0.4 is 15.8 Å². The van der Waals surface area contributed by atoms with Crippen LogP contribution in [0.5, 0.6) is 5.75 Å². The van der Waals surface area contributed by atoms with Crippen LogP contribution >= 0.6 is 0 Å². The van der Waals surface area contributed by atoms with Crippen LogP contribution in [0.1, 0.15) is 10.5 Å². The first-order chi connectivity index (χ1) is 9.52. The molecule has 0 aliphatic rings. The molecule has 1 aromatic heterocycles. The molecule has 0 aliphatic carbocycles. The Morgan fingerprint density at radius 1 is 1.50 bits per heavy atom. The number of carbonyl (C=O) groups excluding carboxylic acids is 1. The van der Waals surface area contributed by atoms with Gasteiger partial charge in [0.1, 0.15) is 11.4 Å². The first-order valence-electron chi connectivity index (χ1n) is 5.24. The van der Waals surface area contributed by atoms with Crippen molar-refractivity contribution >= 4 is 23.1 Å². The SMILES string of the molecule is COc1ccc(NC(=O)c2nonc2N)c([N+](=O)[O-])c1. The number of methoxy groups -OCH3 is 1. The number of nitrogen functional groups attached to an aromatic ring is 1. The smallest absolute Gasteiger partial charge is 0.296 e. The molecule has 0 saturated carbocycles. The number of rotatable bonds is 4. The summed E-state index contributed by atoms with van der Waals surface area (Å²) in [6, 6.07) is 3.98. The number of nitrogens with one attached hydrogen (secondary N) is 1. The lowest BCUT2D eigenvalue weighted by atomic mass is 10.2. The monoisotopic (exact) mass is 279 g/mol. The zero-order chi connectivity index (χ0) is 14.7. The molecule has 2 rings (SSSR count). The fourth-order valence-corrected chi connectivity index (χ4v) is 1.43. The summed E-state index contributed by atoms with van der Waals surface area (Å²) >= 11 is 0. The number of nitrogens with two attached hydrogens (primary N) is 1. The highest BCUT2D eigenvalue weighted by Gasteiger charge is 2.21. The van der Waals surface area contributed by atoms with Crippen molar-refractivity contribution in [1.29, 1.82) is 0 Å². The molecule has 0 radical (unpaired) electrons. The molecule has 1 heterocycles. The lowest BCUT2D eigenvalue weighted by Gasteiger charge is -2.06. The average Bonchev–Trinajstić information content (AvgIpc) is 2.85. The Balaban J connectivity index is 2.32. The van der Waals surface area contributed by atoms with Gasteiger partial charge in [0, 0.05) is 0 Å². The second-order valence-electron chi connectivity index (χ2n) is 3.59. The van der Waals surface area contributed by atoms with Crippen molar-refractivity contribution in [2.24, 2.45) is 0 Å². The number of amides is 1. The minimum atomic E-state index is -0.767. The van der Waals surface area contributed by atoms with Crippen LogP contribution in [0.3, 0.4) is 0 Å². The van der Waals surface area contributed by atoms with Gasteiger partial charge in [0.25, 0.3) is 11.6 Å². The molecule has 10 heteroatoms. The number of hydrogen-bond acceptors (Lipinski definition) is 8. The molecule has 1 aromatic carbocycles. The molecule has 20 heavy (non-hydrogen) atoms. The zero-order valence-electron chi connectivity index (χ0n) is 10.2. The van der Waals surface area contributed by atoms with Crippen LogP contribution in [0.15, 0.2) is 22.8 Å². The van der Waals surface area contributed by atoms with E-state index in [0.29, 0.717) is 0 Å². The van der Waals surface area contributed by atoms with Crippen LogP contribution in [0.4, 0.5) is 17.2 Å². The molecule has 0 unspecified atom stereocenters. The van der Waals surface area contributed by atoms with E-state index in [1.54, 1.807) is 0 Å². The molecule has 3 N–H and O–H groups in total. The van der Waals surface area contributed by atoms with Crippen molar-refractivity contribution in [2.75, 3.05) is 18.2 Å². The number of carbonyl (C=O) groups is 1. The molecule has 2 aromatic rings. The van der Waals surface area contributed by atoms with Crippen LogP contribution in [0, 0.1) is 10.1 Å². The quantitative estimate of drug-likeness (QED) is 0.617. The summed E-state index contributed by atoms with van der Waals surface area (Å²) in [5, 5.41) is 19.8. The second kappa shape index (κ2) is 5.22. The molecule has 1 amide bonds. The summed E-state index contributed by atoms with van der Waals surface area (Å²) in [4.78, 5) is 22.1. The largest absolute Gasteiger partial charge is 0.496 e. The minimum absolute atomic E-state index is 0.0248. The van der Waals surface area contributed by atoms with Gasteiger partial charge in [0.2, 0.25) is 11.5 Å². The molecule has 0 aliphatic heterocycles. The highest BCUT2D eigenvalue weighted by molar-refractivity contribution is 6.06. The van der Waals surface area contributed by atoms with E-state index in [1.807, 2.05) is 0 Å². The molecule has 0 bridgehead atoms. The summed E-state index contributed by atoms with van der Waals surface area (Å²) in [5.74, 6) is -0.687. The first-order valence-corrected chi connectivity index (χ1v) is 5.24. The van der Waals surface area contributed by atoms with E-state index in [0.717, 1.165) is 0 Å². The van der Waals surface area contributed by atoms with Gasteiger partial charge in [-0.1, -0.05) is 0 Å². The van der Waals surface area contributed by atoms with Gasteiger partial charge < -0.3 is 15.8 Å². The third-order valence-corrected chi connectivity index (χ3v) is 2.38. The van der Waals surface area contributed by atoms with Crippen molar-refractivity contribution in [1.82, 2.24) is 10.3 Å². The zero-order valence-corrected chi connectivity index (χ0v) is 10.2. The number of nitro benzene ring substituents is 1. The van der Waals surface area contributed by atoms with E-state index >= 15 is 0 Å². The van der Waals surface area contributed by atoms with Crippen molar-refractivity contribution in [3.05, 3.63) is 34.0 Å². The normalized spacial score (nSPS) is 10.1. The average molecular weight is 279 g/mol. The Morgan fingerprint density at radius 3 is 2.80 bits per heavy atom. The minimum Gasteiger partial charge on any atom is -0.496 e. The van der Waals surface area contributed by atoms with Gasteiger partial charge in [-0.2, -0.15) is 0 Å². The Labute approximate surface area is 111 Å². The van der Waals surface area contributed by atoms with Gasteiger partial charge in [-0.3, -0.25) is 14.9 Å². The van der Waals surface area contributed by atoms with Crippen molar-refractivity contribution < 1.29 is 19.1 Å². The Morgan fingerprint density at radius 2 is 2.25 bits per heavy atom. The van der Waals surface area contributed by atoms with Gasteiger partial charge in [-0.05, 0) is 22.4 Å². The van der Waals surface area contributed by atoms with Gasteiger partial charge in [0.15, 0.2) is 0 Å². The lowest BCUT2D eigenvalue weighted by Crippen LogP contribution is -2.15. The second-order valence-corrected chi connectivity index (χ2v) is 3.59. The Hall–Kier alpha value is -3.17. The van der Waals surface area contributed by atoms with Gasteiger partial charge >= 0.3 is 0 Å².